The van der Waals surface area contributed by atoms with Crippen LogP contribution in [0.25, 0.3) is 22.3 Å². The van der Waals surface area contributed by atoms with Crippen molar-refractivity contribution in [3.63, 3.8) is 0 Å². The molecule has 1 aliphatic rings. The number of fused-ring (bicyclic) bond motifs is 2. The van der Waals surface area contributed by atoms with Gasteiger partial charge >= 0.3 is 0 Å². The van der Waals surface area contributed by atoms with Gasteiger partial charge in [0, 0.05) is 10.9 Å². The van der Waals surface area contributed by atoms with Crippen LogP contribution in [0.3, 0.4) is 0 Å². The van der Waals surface area contributed by atoms with Gasteiger partial charge in [0.05, 0.1) is 5.52 Å². The number of aromatic nitrogens is 2. The third kappa shape index (κ3) is 1.88. The van der Waals surface area contributed by atoms with Crippen LogP contribution in [0, 0.1) is 0 Å². The second-order valence-corrected chi connectivity index (χ2v) is 5.55. The fourth-order valence-corrected chi connectivity index (χ4v) is 3.12. The van der Waals surface area contributed by atoms with Crippen LogP contribution < -0.4 is 0 Å². The van der Waals surface area contributed by atoms with E-state index in [0.717, 1.165) is 22.9 Å². The van der Waals surface area contributed by atoms with Crippen molar-refractivity contribution in [2.45, 2.75) is 19.3 Å². The van der Waals surface area contributed by atoms with E-state index in [1.807, 2.05) is 24.3 Å². The van der Waals surface area contributed by atoms with Gasteiger partial charge in [0.2, 0.25) is 0 Å². The van der Waals surface area contributed by atoms with Crippen LogP contribution in [-0.4, -0.2) is 9.97 Å². The Bertz CT molecular complexity index is 811. The minimum Gasteiger partial charge on any atom is -0.228 e. The molecule has 0 spiro atoms. The lowest BCUT2D eigenvalue weighted by Gasteiger charge is -2.06. The van der Waals surface area contributed by atoms with Gasteiger partial charge in [-0.05, 0) is 48.6 Å². The molecule has 0 saturated carbocycles. The molecule has 0 amide bonds. The van der Waals surface area contributed by atoms with Crippen molar-refractivity contribution in [2.24, 2.45) is 0 Å². The van der Waals surface area contributed by atoms with Crippen molar-refractivity contribution in [3.05, 3.63) is 58.7 Å². The van der Waals surface area contributed by atoms with Crippen molar-refractivity contribution in [1.29, 1.82) is 0 Å². The summed E-state index contributed by atoms with van der Waals surface area (Å²) in [6.07, 6.45) is 3.59. The summed E-state index contributed by atoms with van der Waals surface area (Å²) in [6.45, 7) is 0. The van der Waals surface area contributed by atoms with E-state index in [-0.39, 0.29) is 0 Å². The summed E-state index contributed by atoms with van der Waals surface area (Å²) in [6, 6.07) is 14.4. The molecule has 0 N–H and O–H groups in total. The van der Waals surface area contributed by atoms with Crippen molar-refractivity contribution in [2.75, 3.05) is 0 Å². The van der Waals surface area contributed by atoms with Gasteiger partial charge in [-0.3, -0.25) is 0 Å². The third-order valence-corrected chi connectivity index (χ3v) is 4.20. The topological polar surface area (TPSA) is 25.8 Å². The Balaban J connectivity index is 1.90. The van der Waals surface area contributed by atoms with E-state index in [4.69, 9.17) is 11.6 Å². The number of benzene rings is 2. The monoisotopic (exact) mass is 280 g/mol. The molecular formula is C17H13ClN2. The van der Waals surface area contributed by atoms with Gasteiger partial charge < -0.3 is 0 Å². The van der Waals surface area contributed by atoms with Crippen LogP contribution in [0.4, 0.5) is 0 Å². The van der Waals surface area contributed by atoms with Gasteiger partial charge in [0.25, 0.3) is 0 Å². The normalized spacial score (nSPS) is 13.7. The van der Waals surface area contributed by atoms with E-state index >= 15 is 0 Å². The number of halogens is 1. The van der Waals surface area contributed by atoms with Crippen molar-refractivity contribution in [1.82, 2.24) is 9.97 Å². The highest BCUT2D eigenvalue weighted by Crippen LogP contribution is 2.29. The van der Waals surface area contributed by atoms with E-state index in [0.29, 0.717) is 11.0 Å². The molecule has 1 aromatic heterocycles. The summed E-state index contributed by atoms with van der Waals surface area (Å²) in [5, 5.41) is 1.42. The van der Waals surface area contributed by atoms with Gasteiger partial charge in [-0.15, -0.1) is 0 Å². The van der Waals surface area contributed by atoms with E-state index < -0.39 is 0 Å². The standard InChI is InChI=1S/C17H13ClN2/c18-16-14-6-1-2-7-15(14)19-17(20-16)13-9-8-11-4-3-5-12(11)10-13/h1-2,6-10H,3-5H2. The van der Waals surface area contributed by atoms with Gasteiger partial charge in [0.1, 0.15) is 5.15 Å². The second kappa shape index (κ2) is 4.57. The van der Waals surface area contributed by atoms with E-state index in [1.165, 1.54) is 24.0 Å². The fraction of sp³-hybridized carbons (Fsp3) is 0.176. The molecule has 4 rings (SSSR count). The maximum absolute atomic E-state index is 6.28. The Morgan fingerprint density at radius 2 is 1.75 bits per heavy atom. The minimum atomic E-state index is 0.520. The van der Waals surface area contributed by atoms with Crippen LogP contribution in [0.2, 0.25) is 5.15 Å². The predicted octanol–water partition coefficient (Wildman–Crippen LogP) is 4.44. The summed E-state index contributed by atoms with van der Waals surface area (Å²) in [7, 11) is 0. The molecular weight excluding hydrogens is 268 g/mol. The average Bonchev–Trinajstić information content (AvgIpc) is 2.94. The van der Waals surface area contributed by atoms with Crippen molar-refractivity contribution in [3.8, 4) is 11.4 Å². The number of nitrogens with zero attached hydrogens (tertiary/aromatic N) is 2. The highest BCUT2D eigenvalue weighted by Gasteiger charge is 2.13. The molecule has 20 heavy (non-hydrogen) atoms. The number of rotatable bonds is 1. The molecule has 1 heterocycles. The summed E-state index contributed by atoms with van der Waals surface area (Å²) < 4.78 is 0. The maximum Gasteiger partial charge on any atom is 0.161 e. The first-order valence-corrected chi connectivity index (χ1v) is 7.23. The Hall–Kier alpha value is -1.93. The fourth-order valence-electron chi connectivity index (χ4n) is 2.88. The lowest BCUT2D eigenvalue weighted by molar-refractivity contribution is 0.912. The zero-order chi connectivity index (χ0) is 13.5. The van der Waals surface area contributed by atoms with Crippen molar-refractivity contribution < 1.29 is 0 Å². The minimum absolute atomic E-state index is 0.520. The molecule has 0 atom stereocenters. The Labute approximate surface area is 122 Å². The molecule has 0 radical (unpaired) electrons. The zero-order valence-corrected chi connectivity index (χ0v) is 11.7. The molecule has 2 nitrogen and oxygen atoms in total. The molecule has 3 heteroatoms. The maximum atomic E-state index is 6.28. The first-order valence-electron chi connectivity index (χ1n) is 6.86. The first-order chi connectivity index (χ1) is 9.81. The molecule has 3 aromatic rings. The summed E-state index contributed by atoms with van der Waals surface area (Å²) in [5.41, 5.74) is 4.83. The van der Waals surface area contributed by atoms with Gasteiger partial charge in [0.15, 0.2) is 5.82 Å². The van der Waals surface area contributed by atoms with Crippen LogP contribution in [0.15, 0.2) is 42.5 Å². The third-order valence-electron chi connectivity index (χ3n) is 3.91. The number of hydrogen-bond acceptors (Lipinski definition) is 2. The average molecular weight is 281 g/mol. The highest BCUT2D eigenvalue weighted by molar-refractivity contribution is 6.34. The molecule has 2 aromatic carbocycles. The number of aryl methyl sites for hydroxylation is 2. The quantitative estimate of drug-likeness (QED) is 0.616. The van der Waals surface area contributed by atoms with Gasteiger partial charge in [-0.2, -0.15) is 0 Å². The summed E-state index contributed by atoms with van der Waals surface area (Å²) in [4.78, 5) is 9.09. The largest absolute Gasteiger partial charge is 0.228 e. The van der Waals surface area contributed by atoms with Gasteiger partial charge in [-0.1, -0.05) is 35.9 Å². The summed E-state index contributed by atoms with van der Waals surface area (Å²) >= 11 is 6.28. The number of para-hydroxylation sites is 1. The van der Waals surface area contributed by atoms with Crippen LogP contribution in [-0.2, 0) is 12.8 Å². The smallest absolute Gasteiger partial charge is 0.161 e. The molecule has 0 saturated heterocycles. The van der Waals surface area contributed by atoms with Gasteiger partial charge in [-0.25, -0.2) is 9.97 Å². The Kier molecular flexibility index (Phi) is 2.71. The molecule has 0 bridgehead atoms. The highest BCUT2D eigenvalue weighted by atomic mass is 35.5. The molecule has 1 aliphatic carbocycles. The Morgan fingerprint density at radius 3 is 2.70 bits per heavy atom. The molecule has 0 fully saturated rings. The number of hydrogen-bond donors (Lipinski definition) is 0. The zero-order valence-electron chi connectivity index (χ0n) is 10.9. The SMILES string of the molecule is Clc1nc(-c2ccc3c(c2)CCC3)nc2ccccc12. The Morgan fingerprint density at radius 1 is 0.900 bits per heavy atom. The molecule has 0 aliphatic heterocycles. The van der Waals surface area contributed by atoms with E-state index in [2.05, 4.69) is 28.2 Å². The second-order valence-electron chi connectivity index (χ2n) is 5.19. The van der Waals surface area contributed by atoms with E-state index in [9.17, 15) is 0 Å². The first kappa shape index (κ1) is 11.9. The molecule has 0 unspecified atom stereocenters. The molecule has 98 valence electrons. The van der Waals surface area contributed by atoms with Crippen molar-refractivity contribution >= 4 is 22.5 Å². The van der Waals surface area contributed by atoms with Crippen LogP contribution in [0.1, 0.15) is 17.5 Å². The lowest BCUT2D eigenvalue weighted by atomic mass is 10.1. The lowest BCUT2D eigenvalue weighted by Crippen LogP contribution is -1.93. The van der Waals surface area contributed by atoms with Crippen LogP contribution >= 0.6 is 11.6 Å². The van der Waals surface area contributed by atoms with Crippen LogP contribution in [0.5, 0.6) is 0 Å². The predicted molar refractivity (Wildman–Crippen MR) is 82.0 cm³/mol. The van der Waals surface area contributed by atoms with E-state index in [1.54, 1.807) is 0 Å². The summed E-state index contributed by atoms with van der Waals surface area (Å²) in [5.74, 6) is 0.711.